The Morgan fingerprint density at radius 1 is 1.21 bits per heavy atom. The second-order valence-corrected chi connectivity index (χ2v) is 8.03. The Kier molecular flexibility index (Phi) is 9.16. The summed E-state index contributed by atoms with van der Waals surface area (Å²) in [6, 6.07) is 0. The Hall–Kier alpha value is -3.20. The molecule has 0 saturated carbocycles. The minimum Gasteiger partial charge on any atom is -0.461 e. The van der Waals surface area contributed by atoms with Crippen molar-refractivity contribution in [2.75, 3.05) is 13.2 Å². The van der Waals surface area contributed by atoms with Crippen LogP contribution in [0.25, 0.3) is 0 Å². The number of esters is 4. The fourth-order valence-corrected chi connectivity index (χ4v) is 3.69. The lowest BCUT2D eigenvalue weighted by atomic mass is 9.85. The van der Waals surface area contributed by atoms with E-state index in [1.54, 1.807) is 19.1 Å². The molecule has 0 aromatic carbocycles. The van der Waals surface area contributed by atoms with Gasteiger partial charge in [0.2, 0.25) is 0 Å². The number of carbonyl (C=O) groups is 4. The van der Waals surface area contributed by atoms with E-state index in [1.165, 1.54) is 26.8 Å². The highest BCUT2D eigenvalue weighted by atomic mass is 16.6. The van der Waals surface area contributed by atoms with E-state index in [-0.39, 0.29) is 37.2 Å². The molecule has 0 spiro atoms. The van der Waals surface area contributed by atoms with Crippen molar-refractivity contribution in [3.63, 3.8) is 0 Å². The van der Waals surface area contributed by atoms with Crippen molar-refractivity contribution in [3.8, 4) is 0 Å². The summed E-state index contributed by atoms with van der Waals surface area (Å²) in [5.74, 6) is -2.95. The molecule has 33 heavy (non-hydrogen) atoms. The summed E-state index contributed by atoms with van der Waals surface area (Å²) >= 11 is 0. The zero-order valence-electron chi connectivity index (χ0n) is 19.3. The van der Waals surface area contributed by atoms with E-state index in [2.05, 4.69) is 6.58 Å². The van der Waals surface area contributed by atoms with Crippen LogP contribution in [-0.4, -0.2) is 60.5 Å². The van der Waals surface area contributed by atoms with Gasteiger partial charge in [0.15, 0.2) is 0 Å². The topological polar surface area (TPSA) is 125 Å². The average Bonchev–Trinajstić information content (AvgIpc) is 3.00. The first-order valence-electron chi connectivity index (χ1n) is 10.6. The molecule has 1 heterocycles. The number of ether oxygens (including phenoxy) is 4. The molecule has 0 amide bonds. The van der Waals surface area contributed by atoms with Crippen LogP contribution in [0.1, 0.15) is 40.5 Å². The number of hydrogen-bond donors (Lipinski definition) is 1. The van der Waals surface area contributed by atoms with Crippen LogP contribution in [0.15, 0.2) is 47.1 Å². The number of aliphatic hydroxyl groups excluding tert-OH is 1. The van der Waals surface area contributed by atoms with E-state index in [0.717, 1.165) is 0 Å². The summed E-state index contributed by atoms with van der Waals surface area (Å²) < 4.78 is 21.8. The zero-order valence-corrected chi connectivity index (χ0v) is 19.3. The number of carbonyl (C=O) groups excluding carboxylic acids is 4. The van der Waals surface area contributed by atoms with Gasteiger partial charge < -0.3 is 24.1 Å². The number of fused-ring (bicyclic) bond motifs is 1. The molecule has 0 unspecified atom stereocenters. The molecule has 0 radical (unpaired) electrons. The minimum atomic E-state index is -0.861. The summed E-state index contributed by atoms with van der Waals surface area (Å²) in [7, 11) is 0. The van der Waals surface area contributed by atoms with Crippen LogP contribution < -0.4 is 0 Å². The molecule has 1 aliphatic carbocycles. The lowest BCUT2D eigenvalue weighted by Crippen LogP contribution is -2.35. The monoisotopic (exact) mass is 462 g/mol. The summed E-state index contributed by atoms with van der Waals surface area (Å²) in [6.45, 7) is 9.26. The normalized spacial score (nSPS) is 27.4. The highest BCUT2D eigenvalue weighted by Crippen LogP contribution is 2.37. The number of hydrogen-bond acceptors (Lipinski definition) is 9. The second-order valence-electron chi connectivity index (χ2n) is 8.03. The van der Waals surface area contributed by atoms with Gasteiger partial charge in [0.05, 0.1) is 12.5 Å². The van der Waals surface area contributed by atoms with E-state index in [0.29, 0.717) is 11.1 Å². The first-order valence-corrected chi connectivity index (χ1v) is 10.6. The lowest BCUT2D eigenvalue weighted by molar-refractivity contribution is -0.148. The fraction of sp³-hybridized carbons (Fsp3) is 0.500. The molecule has 1 N–H and O–H groups in total. The van der Waals surface area contributed by atoms with Crippen molar-refractivity contribution in [2.24, 2.45) is 5.92 Å². The third-order valence-corrected chi connectivity index (χ3v) is 5.43. The van der Waals surface area contributed by atoms with Crippen molar-refractivity contribution in [1.29, 1.82) is 0 Å². The average molecular weight is 462 g/mol. The molecule has 0 aromatic heterocycles. The van der Waals surface area contributed by atoms with Crippen LogP contribution in [0.4, 0.5) is 0 Å². The largest absolute Gasteiger partial charge is 0.461 e. The van der Waals surface area contributed by atoms with Crippen molar-refractivity contribution in [1.82, 2.24) is 0 Å². The smallest absolute Gasteiger partial charge is 0.334 e. The zero-order chi connectivity index (χ0) is 24.7. The van der Waals surface area contributed by atoms with Crippen LogP contribution in [0.3, 0.4) is 0 Å². The highest BCUT2D eigenvalue weighted by molar-refractivity contribution is 5.92. The van der Waals surface area contributed by atoms with Crippen LogP contribution in [0.2, 0.25) is 0 Å². The third kappa shape index (κ3) is 7.15. The standard InChI is InChI=1S/C24H30O9/c1-13(8-9-25)23(28)32-21-11-18(12-30-16(4)26)6-7-19(31-17(5)27)14(2)10-20-22(21)15(3)24(29)33-20/h6,8,10,19-22,25H,3,7,9,11-12H2,1-2,4-5H3/b13-8+,14-10?,18-6+/t19-,20-,21-,22+/m1/s1. The Bertz CT molecular complexity index is 909. The van der Waals surface area contributed by atoms with Crippen molar-refractivity contribution >= 4 is 23.9 Å². The minimum absolute atomic E-state index is 0.0664. The van der Waals surface area contributed by atoms with E-state index < -0.39 is 48.1 Å². The maximum Gasteiger partial charge on any atom is 0.334 e. The predicted molar refractivity (Wildman–Crippen MR) is 116 cm³/mol. The van der Waals surface area contributed by atoms with Gasteiger partial charge in [-0.25, -0.2) is 9.59 Å². The molecule has 0 aromatic rings. The van der Waals surface area contributed by atoms with Crippen LogP contribution in [0.5, 0.6) is 0 Å². The molecular formula is C24H30O9. The van der Waals surface area contributed by atoms with Gasteiger partial charge in [0.1, 0.15) is 24.9 Å². The first-order chi connectivity index (χ1) is 15.5. The van der Waals surface area contributed by atoms with Gasteiger partial charge in [-0.1, -0.05) is 12.7 Å². The fourth-order valence-electron chi connectivity index (χ4n) is 3.69. The Morgan fingerprint density at radius 2 is 1.91 bits per heavy atom. The SMILES string of the molecule is C=C1C(=O)O[C@@H]2C=C(C)[C@H](OC(C)=O)C/C=C(/COC(C)=O)C[C@@H](OC(=O)/C(C)=C/CO)[C@@H]12. The van der Waals surface area contributed by atoms with Gasteiger partial charge in [-0.15, -0.1) is 0 Å². The molecule has 180 valence electrons. The van der Waals surface area contributed by atoms with Crippen molar-refractivity contribution in [3.05, 3.63) is 47.1 Å². The Labute approximate surface area is 192 Å². The molecule has 0 bridgehead atoms. The van der Waals surface area contributed by atoms with Gasteiger partial charge in [0.25, 0.3) is 0 Å². The van der Waals surface area contributed by atoms with Crippen molar-refractivity contribution < 1.29 is 43.2 Å². The molecular weight excluding hydrogens is 432 g/mol. The number of aliphatic hydroxyl groups is 1. The maximum absolute atomic E-state index is 12.6. The quantitative estimate of drug-likeness (QED) is 0.273. The van der Waals surface area contributed by atoms with Crippen molar-refractivity contribution in [2.45, 2.75) is 58.8 Å². The molecule has 2 rings (SSSR count). The number of rotatable bonds is 6. The van der Waals surface area contributed by atoms with E-state index in [1.807, 2.05) is 0 Å². The van der Waals surface area contributed by atoms with Crippen LogP contribution in [-0.2, 0) is 38.1 Å². The molecule has 9 heteroatoms. The maximum atomic E-state index is 12.6. The van der Waals surface area contributed by atoms with Crippen LogP contribution in [0, 0.1) is 5.92 Å². The molecule has 1 fully saturated rings. The Balaban J connectivity index is 2.50. The van der Waals surface area contributed by atoms with Gasteiger partial charge in [-0.2, -0.15) is 0 Å². The predicted octanol–water partition coefficient (Wildman–Crippen LogP) is 2.10. The lowest BCUT2D eigenvalue weighted by Gasteiger charge is -2.29. The first kappa shape index (κ1) is 26.1. The Morgan fingerprint density at radius 3 is 2.52 bits per heavy atom. The van der Waals surface area contributed by atoms with E-state index >= 15 is 0 Å². The third-order valence-electron chi connectivity index (χ3n) is 5.43. The van der Waals surface area contributed by atoms with Gasteiger partial charge in [-0.3, -0.25) is 9.59 Å². The molecule has 1 aliphatic heterocycles. The molecule has 2 aliphatic rings. The van der Waals surface area contributed by atoms with Gasteiger partial charge in [-0.05, 0) is 37.1 Å². The van der Waals surface area contributed by atoms with Gasteiger partial charge >= 0.3 is 23.9 Å². The second kappa shape index (κ2) is 11.6. The van der Waals surface area contributed by atoms with Crippen LogP contribution >= 0.6 is 0 Å². The molecule has 1 saturated heterocycles. The summed E-state index contributed by atoms with van der Waals surface area (Å²) in [5, 5.41) is 9.09. The van der Waals surface area contributed by atoms with E-state index in [4.69, 9.17) is 24.1 Å². The molecule has 4 atom stereocenters. The molecule has 9 nitrogen and oxygen atoms in total. The summed E-state index contributed by atoms with van der Waals surface area (Å²) in [4.78, 5) is 48.0. The summed E-state index contributed by atoms with van der Waals surface area (Å²) in [5.41, 5.74) is 1.61. The summed E-state index contributed by atoms with van der Waals surface area (Å²) in [6.07, 6.45) is 2.90. The highest BCUT2D eigenvalue weighted by Gasteiger charge is 2.45. The van der Waals surface area contributed by atoms with Gasteiger partial charge in [0, 0.05) is 37.8 Å². The van der Waals surface area contributed by atoms with E-state index in [9.17, 15) is 19.2 Å².